The molecule has 1 saturated heterocycles. The van der Waals surface area contributed by atoms with Crippen molar-refractivity contribution in [3.63, 3.8) is 0 Å². The molecule has 2 N–H and O–H groups in total. The van der Waals surface area contributed by atoms with Gasteiger partial charge in [-0.25, -0.2) is 0 Å². The van der Waals surface area contributed by atoms with Gasteiger partial charge in [-0.2, -0.15) is 0 Å². The molecule has 17 heavy (non-hydrogen) atoms. The lowest BCUT2D eigenvalue weighted by atomic mass is 9.97. The molecule has 1 atom stereocenters. The molecule has 0 aromatic heterocycles. The summed E-state index contributed by atoms with van der Waals surface area (Å²) in [7, 11) is 0. The predicted molar refractivity (Wildman–Crippen MR) is 68.7 cm³/mol. The molecule has 1 aliphatic rings. The normalized spacial score (nSPS) is 23.4. The second kappa shape index (κ2) is 5.36. The van der Waals surface area contributed by atoms with Crippen LogP contribution in [0.4, 0.5) is 0 Å². The van der Waals surface area contributed by atoms with E-state index in [1.807, 2.05) is 0 Å². The first-order chi connectivity index (χ1) is 7.79. The van der Waals surface area contributed by atoms with E-state index in [0.717, 1.165) is 13.1 Å². The number of nitrogens with zero attached hydrogens (tertiary/aromatic N) is 1. The Morgan fingerprint density at radius 2 is 2.18 bits per heavy atom. The van der Waals surface area contributed by atoms with Gasteiger partial charge in [-0.15, -0.1) is 0 Å². The number of rotatable bonds is 5. The maximum absolute atomic E-state index is 11.7. The summed E-state index contributed by atoms with van der Waals surface area (Å²) in [6.07, 6.45) is 3.09. The van der Waals surface area contributed by atoms with Gasteiger partial charge in [-0.3, -0.25) is 9.69 Å². The van der Waals surface area contributed by atoms with E-state index in [2.05, 4.69) is 18.7 Å². The van der Waals surface area contributed by atoms with Crippen LogP contribution in [-0.4, -0.2) is 41.6 Å². The fourth-order valence-electron chi connectivity index (χ4n) is 2.34. The van der Waals surface area contributed by atoms with Gasteiger partial charge in [0, 0.05) is 12.1 Å². The molecular formula is C13H26N2O2. The van der Waals surface area contributed by atoms with Crippen molar-refractivity contribution >= 4 is 5.97 Å². The molecule has 1 aliphatic heterocycles. The Bertz CT molecular complexity index is 275. The fourth-order valence-corrected chi connectivity index (χ4v) is 2.34. The van der Waals surface area contributed by atoms with Crippen LogP contribution >= 0.6 is 0 Å². The van der Waals surface area contributed by atoms with Gasteiger partial charge in [0.1, 0.15) is 5.54 Å². The van der Waals surface area contributed by atoms with Crippen molar-refractivity contribution in [1.29, 1.82) is 0 Å². The van der Waals surface area contributed by atoms with E-state index in [0.29, 0.717) is 13.0 Å². The Balaban J connectivity index is 2.47. The van der Waals surface area contributed by atoms with Gasteiger partial charge in [0.05, 0.1) is 6.61 Å². The van der Waals surface area contributed by atoms with Gasteiger partial charge >= 0.3 is 5.97 Å². The molecule has 0 spiro atoms. The Labute approximate surface area is 104 Å². The van der Waals surface area contributed by atoms with Crippen molar-refractivity contribution in [2.75, 3.05) is 19.7 Å². The third-order valence-corrected chi connectivity index (χ3v) is 3.72. The minimum absolute atomic E-state index is 0.241. The average Bonchev–Trinajstić information content (AvgIpc) is 2.55. The number of likely N-dealkylation sites (tertiary alicyclic amines) is 1. The molecule has 0 saturated carbocycles. The lowest BCUT2D eigenvalue weighted by Crippen LogP contribution is -2.50. The van der Waals surface area contributed by atoms with E-state index < -0.39 is 5.54 Å². The van der Waals surface area contributed by atoms with Crippen molar-refractivity contribution in [2.24, 2.45) is 5.73 Å². The lowest BCUT2D eigenvalue weighted by molar-refractivity contribution is -0.149. The van der Waals surface area contributed by atoms with Gasteiger partial charge in [0.15, 0.2) is 0 Å². The Hall–Kier alpha value is -0.610. The molecule has 0 aromatic rings. The summed E-state index contributed by atoms with van der Waals surface area (Å²) in [5.74, 6) is -0.294. The van der Waals surface area contributed by atoms with E-state index in [4.69, 9.17) is 10.5 Å². The third-order valence-electron chi connectivity index (χ3n) is 3.72. The van der Waals surface area contributed by atoms with Gasteiger partial charge in [-0.1, -0.05) is 0 Å². The number of nitrogens with two attached hydrogens (primary N) is 1. The zero-order chi connectivity index (χ0) is 13.1. The topological polar surface area (TPSA) is 55.6 Å². The van der Waals surface area contributed by atoms with E-state index in [1.165, 1.54) is 12.8 Å². The molecule has 1 fully saturated rings. The summed E-state index contributed by atoms with van der Waals surface area (Å²) >= 11 is 0. The molecule has 1 unspecified atom stereocenters. The number of carbonyl (C=O) groups is 1. The van der Waals surface area contributed by atoms with Crippen molar-refractivity contribution in [2.45, 2.75) is 58.0 Å². The summed E-state index contributed by atoms with van der Waals surface area (Å²) in [5, 5.41) is 0. The molecule has 1 rings (SSSR count). The second-order valence-corrected chi connectivity index (χ2v) is 5.79. The highest BCUT2D eigenvalue weighted by molar-refractivity contribution is 5.79. The summed E-state index contributed by atoms with van der Waals surface area (Å²) in [4.78, 5) is 14.1. The molecule has 4 heteroatoms. The van der Waals surface area contributed by atoms with E-state index >= 15 is 0 Å². The molecular weight excluding hydrogens is 216 g/mol. The highest BCUT2D eigenvalue weighted by Gasteiger charge is 2.35. The fraction of sp³-hybridized carbons (Fsp3) is 0.923. The first kappa shape index (κ1) is 14.5. The van der Waals surface area contributed by atoms with Crippen LogP contribution in [0.25, 0.3) is 0 Å². The molecule has 100 valence electrons. The molecule has 0 amide bonds. The van der Waals surface area contributed by atoms with Crippen molar-refractivity contribution in [1.82, 2.24) is 4.90 Å². The number of carbonyl (C=O) groups excluding carboxylic acids is 1. The van der Waals surface area contributed by atoms with Crippen LogP contribution in [0.2, 0.25) is 0 Å². The minimum atomic E-state index is -0.866. The zero-order valence-corrected chi connectivity index (χ0v) is 11.6. The summed E-state index contributed by atoms with van der Waals surface area (Å²) in [6.45, 7) is 10.4. The van der Waals surface area contributed by atoms with Gasteiger partial charge in [0.25, 0.3) is 0 Å². The predicted octanol–water partition coefficient (Wildman–Crippen LogP) is 1.53. The van der Waals surface area contributed by atoms with E-state index in [9.17, 15) is 4.79 Å². The summed E-state index contributed by atoms with van der Waals surface area (Å²) < 4.78 is 4.99. The molecule has 0 radical (unpaired) electrons. The van der Waals surface area contributed by atoms with Crippen LogP contribution in [0.3, 0.4) is 0 Å². The van der Waals surface area contributed by atoms with E-state index in [-0.39, 0.29) is 11.5 Å². The first-order valence-corrected chi connectivity index (χ1v) is 6.51. The quantitative estimate of drug-likeness (QED) is 0.743. The van der Waals surface area contributed by atoms with Gasteiger partial charge in [-0.05, 0) is 53.5 Å². The Morgan fingerprint density at radius 3 is 2.65 bits per heavy atom. The van der Waals surface area contributed by atoms with Crippen LogP contribution in [0.15, 0.2) is 0 Å². The van der Waals surface area contributed by atoms with Gasteiger partial charge in [0.2, 0.25) is 0 Å². The number of ether oxygens (including phenoxy) is 1. The highest BCUT2D eigenvalue weighted by Crippen LogP contribution is 2.28. The lowest BCUT2D eigenvalue weighted by Gasteiger charge is -2.33. The van der Waals surface area contributed by atoms with Crippen molar-refractivity contribution in [3.05, 3.63) is 0 Å². The second-order valence-electron chi connectivity index (χ2n) is 5.79. The third kappa shape index (κ3) is 3.68. The van der Waals surface area contributed by atoms with Crippen LogP contribution in [0.1, 0.15) is 47.0 Å². The molecule has 0 bridgehead atoms. The number of esters is 1. The first-order valence-electron chi connectivity index (χ1n) is 6.51. The smallest absolute Gasteiger partial charge is 0.325 e. The van der Waals surface area contributed by atoms with Crippen LogP contribution < -0.4 is 5.73 Å². The maximum Gasteiger partial charge on any atom is 0.325 e. The average molecular weight is 242 g/mol. The van der Waals surface area contributed by atoms with Gasteiger partial charge < -0.3 is 10.5 Å². The SMILES string of the molecule is CCOC(=O)C(C)(N)CCN1CCCC1(C)C. The summed E-state index contributed by atoms with van der Waals surface area (Å²) in [5.41, 5.74) is 5.39. The Morgan fingerprint density at radius 1 is 1.53 bits per heavy atom. The number of hydrogen-bond acceptors (Lipinski definition) is 4. The molecule has 0 aromatic carbocycles. The number of hydrogen-bond donors (Lipinski definition) is 1. The van der Waals surface area contributed by atoms with Crippen molar-refractivity contribution < 1.29 is 9.53 Å². The molecule has 4 nitrogen and oxygen atoms in total. The van der Waals surface area contributed by atoms with Crippen molar-refractivity contribution in [3.8, 4) is 0 Å². The molecule has 0 aliphatic carbocycles. The van der Waals surface area contributed by atoms with Crippen LogP contribution in [-0.2, 0) is 9.53 Å². The van der Waals surface area contributed by atoms with Crippen LogP contribution in [0, 0.1) is 0 Å². The van der Waals surface area contributed by atoms with Crippen LogP contribution in [0.5, 0.6) is 0 Å². The standard InChI is InChI=1S/C13H26N2O2/c1-5-17-11(16)13(4,14)8-10-15-9-6-7-12(15,2)3/h5-10,14H2,1-4H3. The highest BCUT2D eigenvalue weighted by atomic mass is 16.5. The monoisotopic (exact) mass is 242 g/mol. The van der Waals surface area contributed by atoms with E-state index in [1.54, 1.807) is 13.8 Å². The largest absolute Gasteiger partial charge is 0.465 e. The Kier molecular flexibility index (Phi) is 4.55. The molecule has 1 heterocycles. The minimum Gasteiger partial charge on any atom is -0.465 e. The maximum atomic E-state index is 11.7. The summed E-state index contributed by atoms with van der Waals surface area (Å²) in [6, 6.07) is 0. The zero-order valence-electron chi connectivity index (χ0n) is 11.6.